The van der Waals surface area contributed by atoms with Gasteiger partial charge >= 0.3 is 16.2 Å². The number of nitrogens with one attached hydrogen (secondary N) is 1. The fourth-order valence-electron chi connectivity index (χ4n) is 1.03. The van der Waals surface area contributed by atoms with Crippen LogP contribution in [0.4, 0.5) is 3.89 Å². The van der Waals surface area contributed by atoms with Crippen molar-refractivity contribution >= 4 is 22.1 Å². The summed E-state index contributed by atoms with van der Waals surface area (Å²) in [5, 5.41) is 10.4. The van der Waals surface area contributed by atoms with Crippen molar-refractivity contribution in [1.82, 2.24) is 5.32 Å². The molecule has 0 heterocycles. The molecule has 0 radical (unpaired) electrons. The van der Waals surface area contributed by atoms with E-state index in [-0.39, 0.29) is 5.56 Å². The quantitative estimate of drug-likeness (QED) is 0.752. The van der Waals surface area contributed by atoms with Crippen LogP contribution in [0.15, 0.2) is 29.2 Å². The van der Waals surface area contributed by atoms with Crippen LogP contribution in [0.5, 0.6) is 0 Å². The highest BCUT2D eigenvalue weighted by atomic mass is 32.3. The maximum Gasteiger partial charge on any atom is 0.332 e. The average Bonchev–Trinajstić information content (AvgIpc) is 2.25. The lowest BCUT2D eigenvalue weighted by atomic mass is 10.2. The van der Waals surface area contributed by atoms with Gasteiger partial charge in [0.15, 0.2) is 0 Å². The van der Waals surface area contributed by atoms with Gasteiger partial charge in [0, 0.05) is 5.56 Å². The van der Waals surface area contributed by atoms with E-state index in [0.717, 1.165) is 24.3 Å². The molecule has 0 aromatic heterocycles. The third-order valence-corrected chi connectivity index (χ3v) is 2.63. The molecule has 92 valence electrons. The molecule has 2 N–H and O–H groups in total. The molecule has 0 spiro atoms. The number of carboxylic acids is 1. The first kappa shape index (κ1) is 13.1. The van der Waals surface area contributed by atoms with Crippen molar-refractivity contribution in [3.63, 3.8) is 0 Å². The molecule has 1 amide bonds. The molecule has 0 aliphatic rings. The lowest BCUT2D eigenvalue weighted by molar-refractivity contribution is -0.135. The molecule has 1 aromatic carbocycles. The van der Waals surface area contributed by atoms with E-state index in [1.807, 2.05) is 0 Å². The number of carboxylic acid groups (broad SMARTS) is 1. The van der Waals surface area contributed by atoms with E-state index in [2.05, 4.69) is 5.32 Å². The maximum absolute atomic E-state index is 12.5. The fourth-order valence-corrected chi connectivity index (χ4v) is 1.49. The van der Waals surface area contributed by atoms with Gasteiger partial charge in [0.05, 0.1) is 4.90 Å². The largest absolute Gasteiger partial charge is 0.480 e. The lowest BCUT2D eigenvalue weighted by Gasteiger charge is -2.02. The molecule has 17 heavy (non-hydrogen) atoms. The second-order valence-corrected chi connectivity index (χ2v) is 4.39. The third-order valence-electron chi connectivity index (χ3n) is 1.80. The van der Waals surface area contributed by atoms with Gasteiger partial charge in [-0.2, -0.15) is 8.42 Å². The van der Waals surface area contributed by atoms with Crippen LogP contribution in [0, 0.1) is 0 Å². The van der Waals surface area contributed by atoms with Crippen LogP contribution in [-0.4, -0.2) is 31.9 Å². The highest BCUT2D eigenvalue weighted by Crippen LogP contribution is 2.12. The van der Waals surface area contributed by atoms with Crippen molar-refractivity contribution in [2.45, 2.75) is 4.90 Å². The molecule has 0 atom stereocenters. The Balaban J connectivity index is 2.81. The zero-order valence-electron chi connectivity index (χ0n) is 8.38. The highest BCUT2D eigenvalue weighted by molar-refractivity contribution is 7.86. The first-order valence-electron chi connectivity index (χ1n) is 4.35. The molecule has 0 bridgehead atoms. The summed E-state index contributed by atoms with van der Waals surface area (Å²) in [6.45, 7) is -0.554. The minimum atomic E-state index is -4.80. The minimum Gasteiger partial charge on any atom is -0.480 e. The molecule has 0 saturated carbocycles. The summed E-state index contributed by atoms with van der Waals surface area (Å²) in [7, 11) is -4.80. The van der Waals surface area contributed by atoms with E-state index in [9.17, 15) is 21.9 Å². The molecule has 6 nitrogen and oxygen atoms in total. The number of carbonyl (C=O) groups is 2. The number of aliphatic carboxylic acids is 1. The normalized spacial score (nSPS) is 10.9. The minimum absolute atomic E-state index is 0.0404. The lowest BCUT2D eigenvalue weighted by Crippen LogP contribution is -2.29. The summed E-state index contributed by atoms with van der Waals surface area (Å²) in [6.07, 6.45) is 0. The van der Waals surface area contributed by atoms with Gasteiger partial charge in [-0.15, -0.1) is 3.89 Å². The summed E-state index contributed by atoms with van der Waals surface area (Å²) in [6, 6.07) is 4.02. The number of benzene rings is 1. The second-order valence-electron chi connectivity index (χ2n) is 3.04. The molecule has 0 fully saturated rings. The van der Waals surface area contributed by atoms with Gasteiger partial charge in [0.1, 0.15) is 6.54 Å². The zero-order chi connectivity index (χ0) is 13.1. The highest BCUT2D eigenvalue weighted by Gasteiger charge is 2.13. The van der Waals surface area contributed by atoms with Gasteiger partial charge in [0.2, 0.25) is 0 Å². The van der Waals surface area contributed by atoms with Crippen molar-refractivity contribution in [3.8, 4) is 0 Å². The monoisotopic (exact) mass is 261 g/mol. The van der Waals surface area contributed by atoms with E-state index >= 15 is 0 Å². The maximum atomic E-state index is 12.5. The average molecular weight is 261 g/mol. The SMILES string of the molecule is O=C(O)CNC(=O)c1ccc(S(=O)(=O)F)cc1. The summed E-state index contributed by atoms with van der Waals surface area (Å²) in [5.41, 5.74) is 0.0404. The first-order chi connectivity index (χ1) is 7.80. The van der Waals surface area contributed by atoms with E-state index in [1.54, 1.807) is 0 Å². The zero-order valence-corrected chi connectivity index (χ0v) is 9.20. The van der Waals surface area contributed by atoms with E-state index in [1.165, 1.54) is 0 Å². The Morgan fingerprint density at radius 2 is 1.76 bits per heavy atom. The molecular weight excluding hydrogens is 253 g/mol. The smallest absolute Gasteiger partial charge is 0.332 e. The predicted molar refractivity (Wildman–Crippen MR) is 54.7 cm³/mol. The Labute approximate surface area is 96.3 Å². The molecule has 8 heteroatoms. The van der Waals surface area contributed by atoms with E-state index < -0.39 is 33.5 Å². The van der Waals surface area contributed by atoms with E-state index in [0.29, 0.717) is 0 Å². The van der Waals surface area contributed by atoms with Crippen LogP contribution >= 0.6 is 0 Å². The van der Waals surface area contributed by atoms with Gasteiger partial charge < -0.3 is 10.4 Å². The molecule has 0 saturated heterocycles. The van der Waals surface area contributed by atoms with Gasteiger partial charge in [0.25, 0.3) is 5.91 Å². The van der Waals surface area contributed by atoms with Crippen LogP contribution < -0.4 is 5.32 Å². The molecule has 0 aliphatic heterocycles. The Morgan fingerprint density at radius 1 is 1.24 bits per heavy atom. The number of hydrogen-bond acceptors (Lipinski definition) is 4. The predicted octanol–water partition coefficient (Wildman–Crippen LogP) is 0.159. The van der Waals surface area contributed by atoms with Gasteiger partial charge in [-0.05, 0) is 24.3 Å². The van der Waals surface area contributed by atoms with Gasteiger partial charge in [-0.1, -0.05) is 0 Å². The fraction of sp³-hybridized carbons (Fsp3) is 0.111. The third kappa shape index (κ3) is 3.83. The summed E-state index contributed by atoms with van der Waals surface area (Å²) < 4.78 is 33.5. The second kappa shape index (κ2) is 4.91. The molecule has 0 unspecified atom stereocenters. The van der Waals surface area contributed by atoms with Crippen molar-refractivity contribution in [2.75, 3.05) is 6.54 Å². The molecule has 1 aromatic rings. The molecule has 1 rings (SSSR count). The van der Waals surface area contributed by atoms with Gasteiger partial charge in [-0.25, -0.2) is 0 Å². The van der Waals surface area contributed by atoms with Crippen molar-refractivity contribution in [3.05, 3.63) is 29.8 Å². The standard InChI is InChI=1S/C9H8FNO5S/c10-17(15,16)7-3-1-6(2-4-7)9(14)11-5-8(12)13/h1-4H,5H2,(H,11,14)(H,12,13). The topological polar surface area (TPSA) is 101 Å². The molecule has 0 aliphatic carbocycles. The Bertz CT molecular complexity index is 537. The Hall–Kier alpha value is -1.96. The van der Waals surface area contributed by atoms with Crippen LogP contribution in [0.2, 0.25) is 0 Å². The van der Waals surface area contributed by atoms with Crippen LogP contribution in [0.1, 0.15) is 10.4 Å². The number of carbonyl (C=O) groups excluding carboxylic acids is 1. The number of halogens is 1. The summed E-state index contributed by atoms with van der Waals surface area (Å²) in [4.78, 5) is 20.9. The van der Waals surface area contributed by atoms with Crippen molar-refractivity contribution in [1.29, 1.82) is 0 Å². The number of amides is 1. The summed E-state index contributed by atoms with van der Waals surface area (Å²) in [5.74, 6) is -1.89. The first-order valence-corrected chi connectivity index (χ1v) is 5.74. The Morgan fingerprint density at radius 3 is 2.18 bits per heavy atom. The van der Waals surface area contributed by atoms with Gasteiger partial charge in [-0.3, -0.25) is 9.59 Å². The van der Waals surface area contributed by atoms with Crippen LogP contribution in [-0.2, 0) is 15.0 Å². The van der Waals surface area contributed by atoms with Crippen LogP contribution in [0.25, 0.3) is 0 Å². The van der Waals surface area contributed by atoms with Crippen molar-refractivity contribution in [2.24, 2.45) is 0 Å². The Kier molecular flexibility index (Phi) is 3.79. The van der Waals surface area contributed by atoms with Crippen LogP contribution in [0.3, 0.4) is 0 Å². The number of hydrogen-bond donors (Lipinski definition) is 2. The number of rotatable bonds is 4. The molecular formula is C9H8FNO5S. The summed E-state index contributed by atoms with van der Waals surface area (Å²) >= 11 is 0. The van der Waals surface area contributed by atoms with E-state index in [4.69, 9.17) is 5.11 Å². The van der Waals surface area contributed by atoms with Crippen molar-refractivity contribution < 1.29 is 27.0 Å².